The van der Waals surface area contributed by atoms with Gasteiger partial charge in [-0.1, -0.05) is 38.1 Å². The summed E-state index contributed by atoms with van der Waals surface area (Å²) in [5, 5.41) is 14.5. The van der Waals surface area contributed by atoms with Gasteiger partial charge >= 0.3 is 0 Å². The third-order valence-electron chi connectivity index (χ3n) is 3.62. The Bertz CT molecular complexity index is 498. The van der Waals surface area contributed by atoms with Crippen LogP contribution in [-0.4, -0.2) is 5.11 Å². The third-order valence-corrected chi connectivity index (χ3v) is 4.50. The largest absolute Gasteiger partial charge is 0.384 e. The molecule has 0 bridgehead atoms. The maximum Gasteiger partial charge on any atom is 0.105 e. The number of aliphatic hydroxyl groups excluding tert-OH is 1. The molecule has 18 heavy (non-hydrogen) atoms. The van der Waals surface area contributed by atoms with E-state index in [9.17, 15) is 5.11 Å². The number of thiophene rings is 1. The minimum atomic E-state index is -0.498. The SMILES string of the molecule is CCC(C)c1ccc(C(O)c2cscc2C)cc1. The van der Waals surface area contributed by atoms with Crippen LogP contribution in [0.15, 0.2) is 35.0 Å². The van der Waals surface area contributed by atoms with Crippen molar-refractivity contribution in [2.24, 2.45) is 0 Å². The van der Waals surface area contributed by atoms with Crippen molar-refractivity contribution in [1.29, 1.82) is 0 Å². The molecule has 2 unspecified atom stereocenters. The molecule has 2 rings (SSSR count). The summed E-state index contributed by atoms with van der Waals surface area (Å²) < 4.78 is 0. The number of aryl methyl sites for hydroxylation is 1. The molecule has 1 aromatic carbocycles. The first-order valence-corrected chi connectivity index (χ1v) is 7.38. The van der Waals surface area contributed by atoms with Crippen molar-refractivity contribution in [2.45, 2.75) is 39.2 Å². The van der Waals surface area contributed by atoms with Gasteiger partial charge in [0.15, 0.2) is 0 Å². The zero-order chi connectivity index (χ0) is 13.1. The van der Waals surface area contributed by atoms with E-state index < -0.39 is 6.10 Å². The van der Waals surface area contributed by atoms with Gasteiger partial charge < -0.3 is 5.11 Å². The molecule has 96 valence electrons. The van der Waals surface area contributed by atoms with Gasteiger partial charge in [-0.15, -0.1) is 0 Å². The van der Waals surface area contributed by atoms with E-state index in [0.29, 0.717) is 5.92 Å². The Balaban J connectivity index is 2.22. The van der Waals surface area contributed by atoms with E-state index in [-0.39, 0.29) is 0 Å². The summed E-state index contributed by atoms with van der Waals surface area (Å²) in [6.07, 6.45) is 0.646. The third kappa shape index (κ3) is 2.65. The smallest absolute Gasteiger partial charge is 0.105 e. The fourth-order valence-corrected chi connectivity index (χ4v) is 2.94. The highest BCUT2D eigenvalue weighted by Gasteiger charge is 2.13. The first-order valence-electron chi connectivity index (χ1n) is 6.44. The normalized spacial score (nSPS) is 14.4. The van der Waals surface area contributed by atoms with Gasteiger partial charge in [0.2, 0.25) is 0 Å². The van der Waals surface area contributed by atoms with Crippen LogP contribution in [0.4, 0.5) is 0 Å². The summed E-state index contributed by atoms with van der Waals surface area (Å²) in [6.45, 7) is 6.47. The molecule has 0 aliphatic heterocycles. The van der Waals surface area contributed by atoms with Crippen LogP contribution in [0.1, 0.15) is 54.5 Å². The van der Waals surface area contributed by atoms with Crippen molar-refractivity contribution in [3.63, 3.8) is 0 Å². The highest BCUT2D eigenvalue weighted by molar-refractivity contribution is 7.08. The van der Waals surface area contributed by atoms with E-state index in [0.717, 1.165) is 17.5 Å². The van der Waals surface area contributed by atoms with Crippen LogP contribution in [-0.2, 0) is 0 Å². The molecule has 1 aromatic heterocycles. The predicted molar refractivity (Wildman–Crippen MR) is 78.3 cm³/mol. The van der Waals surface area contributed by atoms with Crippen molar-refractivity contribution in [1.82, 2.24) is 0 Å². The quantitative estimate of drug-likeness (QED) is 0.848. The van der Waals surface area contributed by atoms with Gasteiger partial charge in [-0.05, 0) is 52.3 Å². The molecule has 0 saturated carbocycles. The summed E-state index contributed by atoms with van der Waals surface area (Å²) in [5.74, 6) is 0.582. The summed E-state index contributed by atoms with van der Waals surface area (Å²) in [7, 11) is 0. The van der Waals surface area contributed by atoms with Crippen molar-refractivity contribution < 1.29 is 5.11 Å². The Hall–Kier alpha value is -1.12. The molecule has 2 atom stereocenters. The molecule has 1 N–H and O–H groups in total. The van der Waals surface area contributed by atoms with Crippen LogP contribution in [0.5, 0.6) is 0 Å². The molecule has 0 aliphatic carbocycles. The Labute approximate surface area is 113 Å². The van der Waals surface area contributed by atoms with Crippen molar-refractivity contribution in [3.05, 3.63) is 57.3 Å². The second kappa shape index (κ2) is 5.68. The Morgan fingerprint density at radius 3 is 2.22 bits per heavy atom. The molecular weight excluding hydrogens is 240 g/mol. The fourth-order valence-electron chi connectivity index (χ4n) is 2.07. The van der Waals surface area contributed by atoms with Gasteiger partial charge in [0, 0.05) is 0 Å². The molecule has 0 saturated heterocycles. The van der Waals surface area contributed by atoms with E-state index in [1.807, 2.05) is 24.4 Å². The summed E-state index contributed by atoms with van der Waals surface area (Å²) in [4.78, 5) is 0. The first-order chi connectivity index (χ1) is 8.63. The highest BCUT2D eigenvalue weighted by atomic mass is 32.1. The van der Waals surface area contributed by atoms with Crippen molar-refractivity contribution >= 4 is 11.3 Å². The molecule has 0 amide bonds. The van der Waals surface area contributed by atoms with E-state index in [4.69, 9.17) is 0 Å². The lowest BCUT2D eigenvalue weighted by Gasteiger charge is -2.14. The highest BCUT2D eigenvalue weighted by Crippen LogP contribution is 2.28. The molecule has 2 aromatic rings. The van der Waals surface area contributed by atoms with Gasteiger partial charge in [-0.25, -0.2) is 0 Å². The average molecular weight is 260 g/mol. The fraction of sp³-hybridized carbons (Fsp3) is 0.375. The van der Waals surface area contributed by atoms with Gasteiger partial charge in [-0.2, -0.15) is 11.3 Å². The van der Waals surface area contributed by atoms with Crippen molar-refractivity contribution in [2.75, 3.05) is 0 Å². The number of aliphatic hydroxyl groups is 1. The predicted octanol–water partition coefficient (Wildman–Crippen LogP) is 4.65. The Kier molecular flexibility index (Phi) is 4.20. The summed E-state index contributed by atoms with van der Waals surface area (Å²) >= 11 is 1.64. The minimum Gasteiger partial charge on any atom is -0.384 e. The van der Waals surface area contributed by atoms with Gasteiger partial charge in [-0.3, -0.25) is 0 Å². The molecule has 0 spiro atoms. The number of rotatable bonds is 4. The monoisotopic (exact) mass is 260 g/mol. The van der Waals surface area contributed by atoms with Gasteiger partial charge in [0.05, 0.1) is 0 Å². The van der Waals surface area contributed by atoms with Gasteiger partial charge in [0.1, 0.15) is 6.10 Å². The van der Waals surface area contributed by atoms with E-state index in [1.165, 1.54) is 11.1 Å². The summed E-state index contributed by atoms with van der Waals surface area (Å²) in [5.41, 5.74) is 4.51. The van der Waals surface area contributed by atoms with Crippen LogP contribution in [0.2, 0.25) is 0 Å². The zero-order valence-corrected chi connectivity index (χ0v) is 12.0. The minimum absolute atomic E-state index is 0.498. The molecule has 1 heterocycles. The standard InChI is InChI=1S/C16H20OS/c1-4-11(2)13-5-7-14(8-6-13)16(17)15-10-18-9-12(15)3/h5-11,16-17H,4H2,1-3H3. The molecule has 0 radical (unpaired) electrons. The van der Waals surface area contributed by atoms with E-state index >= 15 is 0 Å². The Morgan fingerprint density at radius 2 is 1.72 bits per heavy atom. The van der Waals surface area contributed by atoms with Crippen LogP contribution in [0.25, 0.3) is 0 Å². The molecule has 0 aliphatic rings. The Morgan fingerprint density at radius 1 is 1.11 bits per heavy atom. The number of hydrogen-bond acceptors (Lipinski definition) is 2. The van der Waals surface area contributed by atoms with Crippen LogP contribution < -0.4 is 0 Å². The summed E-state index contributed by atoms with van der Waals surface area (Å²) in [6, 6.07) is 8.36. The maximum atomic E-state index is 10.4. The average Bonchev–Trinajstić information content (AvgIpc) is 2.83. The van der Waals surface area contributed by atoms with Gasteiger partial charge in [0.25, 0.3) is 0 Å². The van der Waals surface area contributed by atoms with Crippen LogP contribution in [0.3, 0.4) is 0 Å². The lowest BCUT2D eigenvalue weighted by molar-refractivity contribution is 0.220. The number of hydrogen-bond donors (Lipinski definition) is 1. The zero-order valence-electron chi connectivity index (χ0n) is 11.2. The second-order valence-electron chi connectivity index (χ2n) is 4.89. The lowest BCUT2D eigenvalue weighted by atomic mass is 9.95. The maximum absolute atomic E-state index is 10.4. The van der Waals surface area contributed by atoms with E-state index in [1.54, 1.807) is 11.3 Å². The van der Waals surface area contributed by atoms with Crippen molar-refractivity contribution in [3.8, 4) is 0 Å². The molecular formula is C16H20OS. The second-order valence-corrected chi connectivity index (χ2v) is 5.63. The van der Waals surface area contributed by atoms with E-state index in [2.05, 4.69) is 31.4 Å². The molecule has 1 nitrogen and oxygen atoms in total. The lowest BCUT2D eigenvalue weighted by Crippen LogP contribution is -2.00. The topological polar surface area (TPSA) is 20.2 Å². The first kappa shape index (κ1) is 13.3. The molecule has 2 heteroatoms. The molecule has 0 fully saturated rings. The number of benzene rings is 1. The van der Waals surface area contributed by atoms with Crippen LogP contribution in [0, 0.1) is 6.92 Å². The van der Waals surface area contributed by atoms with Crippen LogP contribution >= 0.6 is 11.3 Å².